The molecule has 0 aliphatic heterocycles. The largest absolute Gasteiger partial charge is 1.00 e. The summed E-state index contributed by atoms with van der Waals surface area (Å²) in [6.07, 6.45) is 15.4. The van der Waals surface area contributed by atoms with Crippen LogP contribution in [0.25, 0.3) is 25.2 Å². The molecule has 0 N–H and O–H groups in total. The Balaban J connectivity index is 0.00000162. The van der Waals surface area contributed by atoms with E-state index >= 15 is 0 Å². The third-order valence-corrected chi connectivity index (χ3v) is 8.32. The van der Waals surface area contributed by atoms with Crippen molar-refractivity contribution in [3.05, 3.63) is 98.8 Å². The van der Waals surface area contributed by atoms with Crippen molar-refractivity contribution in [1.82, 2.24) is 0 Å². The van der Waals surface area contributed by atoms with Gasteiger partial charge in [-0.2, -0.15) is 0 Å². The van der Waals surface area contributed by atoms with Crippen molar-refractivity contribution in [3.63, 3.8) is 0 Å². The van der Waals surface area contributed by atoms with E-state index in [2.05, 4.69) is 80.6 Å². The maximum Gasteiger partial charge on any atom is -1.00 e. The predicted octanol–water partition coefficient (Wildman–Crippen LogP) is 1.03. The Kier molecular flexibility index (Phi) is 9.62. The van der Waals surface area contributed by atoms with Gasteiger partial charge < -0.3 is 24.8 Å². The Bertz CT molecular complexity index is 1470. The first kappa shape index (κ1) is 27.2. The molecule has 0 unspecified atom stereocenters. The van der Waals surface area contributed by atoms with Gasteiger partial charge in [0.25, 0.3) is 0 Å². The molecule has 3 aromatic carbocycles. The van der Waals surface area contributed by atoms with E-state index in [9.17, 15) is 0 Å². The summed E-state index contributed by atoms with van der Waals surface area (Å²) in [4.78, 5) is 0. The van der Waals surface area contributed by atoms with Crippen LogP contribution in [0.1, 0.15) is 69.9 Å². The van der Waals surface area contributed by atoms with Gasteiger partial charge in [0.1, 0.15) is 0 Å². The van der Waals surface area contributed by atoms with Crippen molar-refractivity contribution < 1.29 is 49.5 Å². The molecule has 0 aromatic heterocycles. The summed E-state index contributed by atoms with van der Waals surface area (Å²) < 4.78 is 1.52. The number of hydrogen-bond acceptors (Lipinski definition) is 0. The first-order valence-electron chi connectivity index (χ1n) is 12.2. The standard InChI is InChI=1S/C31H31.2ClH.Zr/c1-3-5-13-23(14-6-4-2)30-29(22-15-7-8-16-22)27-20-12-11-19-26(27)28-21-24-17-9-10-18-25(24)31(28)30;;;/h7-12,15,17-20H,3-6,13-14,16H2,1-2H3;2*1H;/q;;;+2/p-2. The van der Waals surface area contributed by atoms with Crippen LogP contribution in [0.3, 0.4) is 0 Å². The number of allylic oxidation sites excluding steroid dienone is 4. The molecule has 0 saturated heterocycles. The smallest absolute Gasteiger partial charge is 1.00 e. The molecule has 0 heterocycles. The molecule has 0 saturated carbocycles. The van der Waals surface area contributed by atoms with Gasteiger partial charge in [-0.15, -0.1) is 0 Å². The van der Waals surface area contributed by atoms with Crippen molar-refractivity contribution in [2.45, 2.75) is 58.8 Å². The minimum atomic E-state index is 0. The van der Waals surface area contributed by atoms with Crippen LogP contribution in [0.5, 0.6) is 0 Å². The zero-order valence-corrected chi connectivity index (χ0v) is 24.0. The Morgan fingerprint density at radius 3 is 1.97 bits per heavy atom. The summed E-state index contributed by atoms with van der Waals surface area (Å²) in [5.41, 5.74) is 6.18. The van der Waals surface area contributed by atoms with Crippen LogP contribution in [0.4, 0.5) is 0 Å². The van der Waals surface area contributed by atoms with Crippen LogP contribution in [-0.4, -0.2) is 0 Å². The Hall–Kier alpha value is -1.40. The average Bonchev–Trinajstić information content (AvgIpc) is 3.46. The Labute approximate surface area is 230 Å². The Morgan fingerprint density at radius 2 is 1.38 bits per heavy atom. The molecule has 0 spiro atoms. The van der Waals surface area contributed by atoms with E-state index in [0.29, 0.717) is 0 Å². The van der Waals surface area contributed by atoms with Gasteiger partial charge in [-0.3, -0.25) is 0 Å². The zero-order valence-electron chi connectivity index (χ0n) is 20.1. The second kappa shape index (κ2) is 12.0. The van der Waals surface area contributed by atoms with Crippen molar-refractivity contribution in [1.29, 1.82) is 0 Å². The molecule has 0 fully saturated rings. The van der Waals surface area contributed by atoms with Crippen molar-refractivity contribution >= 4 is 25.2 Å². The van der Waals surface area contributed by atoms with Crippen LogP contribution < -0.4 is 35.3 Å². The molecule has 0 nitrogen and oxygen atoms in total. The first-order valence-corrected chi connectivity index (χ1v) is 13.5. The molecule has 2 aliphatic rings. The topological polar surface area (TPSA) is 0 Å². The molecule has 2 aliphatic carbocycles. The third kappa shape index (κ3) is 4.69. The summed E-state index contributed by atoms with van der Waals surface area (Å²) in [6, 6.07) is 18.3. The monoisotopic (exact) mass is 563 g/mol. The molecular formula is C31H31Cl2Zr. The number of fused-ring (bicyclic) bond motifs is 4. The molecule has 173 valence electrons. The van der Waals surface area contributed by atoms with Gasteiger partial charge in [-0.1, -0.05) is 0 Å². The molecule has 5 rings (SSSR count). The number of halogens is 2. The van der Waals surface area contributed by atoms with Crippen LogP contribution in [0, 0.1) is 10.4 Å². The van der Waals surface area contributed by atoms with Crippen molar-refractivity contribution in [2.75, 3.05) is 0 Å². The van der Waals surface area contributed by atoms with E-state index < -0.39 is 0 Å². The number of benzene rings is 3. The van der Waals surface area contributed by atoms with E-state index in [1.807, 2.05) is 0 Å². The van der Waals surface area contributed by atoms with Crippen molar-refractivity contribution in [3.8, 4) is 0 Å². The van der Waals surface area contributed by atoms with E-state index in [1.54, 1.807) is 10.8 Å². The Morgan fingerprint density at radius 1 is 0.794 bits per heavy atom. The fourth-order valence-electron chi connectivity index (χ4n) is 5.50. The zero-order chi connectivity index (χ0) is 22.1. The van der Waals surface area contributed by atoms with Gasteiger partial charge in [0.15, 0.2) is 0 Å². The molecule has 0 amide bonds. The van der Waals surface area contributed by atoms with Gasteiger partial charge >= 0.3 is 207 Å². The molecule has 3 heteroatoms. The molecule has 3 aromatic rings. The van der Waals surface area contributed by atoms with Crippen LogP contribution >= 0.6 is 0 Å². The van der Waals surface area contributed by atoms with Crippen LogP contribution in [0.2, 0.25) is 0 Å². The molecule has 34 heavy (non-hydrogen) atoms. The summed E-state index contributed by atoms with van der Waals surface area (Å²) >= 11 is 1.51. The van der Waals surface area contributed by atoms with Gasteiger partial charge in [-0.05, 0) is 0 Å². The fourth-order valence-corrected chi connectivity index (χ4v) is 6.67. The molecule has 0 bridgehead atoms. The summed E-state index contributed by atoms with van der Waals surface area (Å²) in [5, 5.41) is 8.87. The second-order valence-corrected chi connectivity index (χ2v) is 10.3. The van der Waals surface area contributed by atoms with E-state index in [-0.39, 0.29) is 24.8 Å². The average molecular weight is 566 g/mol. The number of rotatable bonds is 7. The number of hydrogen-bond donors (Lipinski definition) is 0. The van der Waals surface area contributed by atoms with E-state index in [0.717, 1.165) is 6.42 Å². The normalized spacial score (nSPS) is 13.3. The fraction of sp³-hybridized carbons (Fsp3) is 0.290. The van der Waals surface area contributed by atoms with Crippen LogP contribution in [-0.2, 0) is 24.7 Å². The maximum absolute atomic E-state index is 2.37. The van der Waals surface area contributed by atoms with Gasteiger partial charge in [0, 0.05) is 0 Å². The van der Waals surface area contributed by atoms with Gasteiger partial charge in [0.05, 0.1) is 0 Å². The molecule has 0 radical (unpaired) electrons. The predicted molar refractivity (Wildman–Crippen MR) is 134 cm³/mol. The van der Waals surface area contributed by atoms with Crippen molar-refractivity contribution in [2.24, 2.45) is 0 Å². The maximum atomic E-state index is 2.37. The third-order valence-electron chi connectivity index (χ3n) is 7.04. The SMILES string of the molecule is CCCCC(CCCC)=c1c(C2=CC=CC2)c2ccccc2c2c1=c1ccccc1=[C]2[Zr+2].[Cl-].[Cl-]. The quantitative estimate of drug-likeness (QED) is 0.402. The summed E-state index contributed by atoms with van der Waals surface area (Å²) in [5.74, 6) is 0. The first-order chi connectivity index (χ1) is 15.8. The van der Waals surface area contributed by atoms with Crippen LogP contribution in [0.15, 0.2) is 66.8 Å². The van der Waals surface area contributed by atoms with E-state index in [1.165, 1.54) is 110 Å². The van der Waals surface area contributed by atoms with Gasteiger partial charge in [0.2, 0.25) is 0 Å². The number of unbranched alkanes of at least 4 members (excludes halogenated alkanes) is 2. The second-order valence-electron chi connectivity index (χ2n) is 9.10. The molecular weight excluding hydrogens is 534 g/mol. The summed E-state index contributed by atoms with van der Waals surface area (Å²) in [7, 11) is 0. The van der Waals surface area contributed by atoms with E-state index in [4.69, 9.17) is 0 Å². The minimum Gasteiger partial charge on any atom is -1.00 e. The minimum absolute atomic E-state index is 0. The summed E-state index contributed by atoms with van der Waals surface area (Å²) in [6.45, 7) is 4.65. The molecule has 0 atom stereocenters. The van der Waals surface area contributed by atoms with Gasteiger partial charge in [-0.25, -0.2) is 0 Å².